The van der Waals surface area contributed by atoms with Gasteiger partial charge in [-0.15, -0.1) is 5.10 Å². The molecule has 1 aromatic carbocycles. The normalized spacial score (nSPS) is 11.7. The molecular formula is C10H9F3N4. The Morgan fingerprint density at radius 3 is 2.06 bits per heavy atom. The van der Waals surface area contributed by atoms with Crippen molar-refractivity contribution in [2.75, 3.05) is 11.5 Å². The zero-order valence-corrected chi connectivity index (χ0v) is 8.57. The molecule has 0 fully saturated rings. The number of halogens is 3. The SMILES string of the molecule is Nc1cc(N)n(-c2ccc(C(F)(F)F)cc2)n1. The summed E-state index contributed by atoms with van der Waals surface area (Å²) in [6, 6.07) is 5.92. The van der Waals surface area contributed by atoms with Crippen LogP contribution in [-0.4, -0.2) is 9.78 Å². The molecular weight excluding hydrogens is 233 g/mol. The number of aromatic nitrogens is 2. The number of nitrogens with zero attached hydrogens (tertiary/aromatic N) is 2. The Morgan fingerprint density at radius 1 is 1.06 bits per heavy atom. The Hall–Kier alpha value is -2.18. The van der Waals surface area contributed by atoms with Gasteiger partial charge in [-0.1, -0.05) is 0 Å². The first-order valence-corrected chi connectivity index (χ1v) is 4.66. The molecule has 2 aromatic rings. The second-order valence-electron chi connectivity index (χ2n) is 3.45. The lowest BCUT2D eigenvalue weighted by atomic mass is 10.2. The predicted molar refractivity (Wildman–Crippen MR) is 57.4 cm³/mol. The first-order chi connectivity index (χ1) is 7.88. The summed E-state index contributed by atoms with van der Waals surface area (Å²) in [6.07, 6.45) is -4.35. The van der Waals surface area contributed by atoms with Crippen LogP contribution in [0.25, 0.3) is 5.69 Å². The molecule has 4 N–H and O–H groups in total. The smallest absolute Gasteiger partial charge is 0.384 e. The number of nitrogens with two attached hydrogens (primary N) is 2. The molecule has 0 saturated heterocycles. The van der Waals surface area contributed by atoms with Gasteiger partial charge in [0.15, 0.2) is 0 Å². The topological polar surface area (TPSA) is 69.9 Å². The molecule has 1 aromatic heterocycles. The van der Waals surface area contributed by atoms with E-state index in [2.05, 4.69) is 5.10 Å². The number of benzene rings is 1. The monoisotopic (exact) mass is 242 g/mol. The van der Waals surface area contributed by atoms with Crippen LogP contribution < -0.4 is 11.5 Å². The third-order valence-electron chi connectivity index (χ3n) is 2.20. The first-order valence-electron chi connectivity index (χ1n) is 4.66. The highest BCUT2D eigenvalue weighted by atomic mass is 19.4. The molecule has 0 spiro atoms. The molecule has 0 radical (unpaired) electrons. The zero-order chi connectivity index (χ0) is 12.6. The maximum atomic E-state index is 12.3. The van der Waals surface area contributed by atoms with E-state index in [9.17, 15) is 13.2 Å². The predicted octanol–water partition coefficient (Wildman–Crippen LogP) is 2.06. The van der Waals surface area contributed by atoms with Gasteiger partial charge >= 0.3 is 6.18 Å². The molecule has 0 aliphatic heterocycles. The van der Waals surface area contributed by atoms with Crippen molar-refractivity contribution in [3.63, 3.8) is 0 Å². The lowest BCUT2D eigenvalue weighted by Gasteiger charge is -2.08. The maximum Gasteiger partial charge on any atom is 0.416 e. The summed E-state index contributed by atoms with van der Waals surface area (Å²) in [6.45, 7) is 0. The quantitative estimate of drug-likeness (QED) is 0.804. The second kappa shape index (κ2) is 3.69. The minimum atomic E-state index is -4.35. The van der Waals surface area contributed by atoms with E-state index in [1.54, 1.807) is 0 Å². The van der Waals surface area contributed by atoms with Gasteiger partial charge in [-0.3, -0.25) is 0 Å². The Morgan fingerprint density at radius 2 is 1.65 bits per heavy atom. The van der Waals surface area contributed by atoms with Gasteiger partial charge in [0.1, 0.15) is 11.6 Å². The van der Waals surface area contributed by atoms with Crippen LogP contribution in [0.2, 0.25) is 0 Å². The van der Waals surface area contributed by atoms with Crippen molar-refractivity contribution in [1.82, 2.24) is 9.78 Å². The molecule has 7 heteroatoms. The van der Waals surface area contributed by atoms with Crippen LogP contribution in [0.1, 0.15) is 5.56 Å². The van der Waals surface area contributed by atoms with Crippen molar-refractivity contribution in [2.45, 2.75) is 6.18 Å². The number of hydrogen-bond donors (Lipinski definition) is 2. The summed E-state index contributed by atoms with van der Waals surface area (Å²) in [4.78, 5) is 0. The number of hydrogen-bond acceptors (Lipinski definition) is 3. The van der Waals surface area contributed by atoms with Crippen LogP contribution in [0.15, 0.2) is 30.3 Å². The van der Waals surface area contributed by atoms with Gasteiger partial charge in [0.2, 0.25) is 0 Å². The van der Waals surface area contributed by atoms with Gasteiger partial charge in [-0.05, 0) is 24.3 Å². The van der Waals surface area contributed by atoms with Crippen molar-refractivity contribution < 1.29 is 13.2 Å². The van der Waals surface area contributed by atoms with Crippen LogP contribution in [0.3, 0.4) is 0 Å². The average molecular weight is 242 g/mol. The van der Waals surface area contributed by atoms with Crippen LogP contribution in [0, 0.1) is 0 Å². The van der Waals surface area contributed by atoms with Gasteiger partial charge < -0.3 is 11.5 Å². The number of rotatable bonds is 1. The highest BCUT2D eigenvalue weighted by molar-refractivity contribution is 5.49. The number of nitrogen functional groups attached to an aromatic ring is 2. The summed E-state index contributed by atoms with van der Waals surface area (Å²) in [7, 11) is 0. The number of anilines is 2. The van der Waals surface area contributed by atoms with Crippen molar-refractivity contribution in [3.05, 3.63) is 35.9 Å². The van der Waals surface area contributed by atoms with E-state index in [1.807, 2.05) is 0 Å². The molecule has 90 valence electrons. The Labute approximate surface area is 94.6 Å². The molecule has 0 unspecified atom stereocenters. The fourth-order valence-corrected chi connectivity index (χ4v) is 1.41. The van der Waals surface area contributed by atoms with Crippen LogP contribution in [-0.2, 0) is 6.18 Å². The molecule has 0 aliphatic rings. The Kier molecular flexibility index (Phi) is 2.45. The average Bonchev–Trinajstić information content (AvgIpc) is 2.57. The highest BCUT2D eigenvalue weighted by Gasteiger charge is 2.30. The van der Waals surface area contributed by atoms with Crippen LogP contribution >= 0.6 is 0 Å². The van der Waals surface area contributed by atoms with Gasteiger partial charge in [0.25, 0.3) is 0 Å². The Balaban J connectivity index is 2.39. The molecule has 0 aliphatic carbocycles. The summed E-state index contributed by atoms with van der Waals surface area (Å²) in [5.41, 5.74) is 10.7. The van der Waals surface area contributed by atoms with Crippen LogP contribution in [0.4, 0.5) is 24.8 Å². The Bertz CT molecular complexity index is 527. The standard InChI is InChI=1S/C10H9F3N4/c11-10(12,13)6-1-3-7(4-2-6)17-9(15)5-8(14)16-17/h1-5H,15H2,(H2,14,16). The first kappa shape index (κ1) is 11.3. The summed E-state index contributed by atoms with van der Waals surface area (Å²) >= 11 is 0. The third-order valence-corrected chi connectivity index (χ3v) is 2.20. The number of alkyl halides is 3. The molecule has 2 rings (SSSR count). The van der Waals surface area contributed by atoms with E-state index in [-0.39, 0.29) is 11.6 Å². The summed E-state index contributed by atoms with van der Waals surface area (Å²) in [5.74, 6) is 0.477. The van der Waals surface area contributed by atoms with E-state index in [1.165, 1.54) is 22.9 Å². The van der Waals surface area contributed by atoms with E-state index in [4.69, 9.17) is 11.5 Å². The minimum Gasteiger partial charge on any atom is -0.384 e. The molecule has 17 heavy (non-hydrogen) atoms. The third kappa shape index (κ3) is 2.17. The van der Waals surface area contributed by atoms with Crippen LogP contribution in [0.5, 0.6) is 0 Å². The van der Waals surface area contributed by atoms with E-state index >= 15 is 0 Å². The van der Waals surface area contributed by atoms with E-state index in [0.717, 1.165) is 12.1 Å². The molecule has 0 bridgehead atoms. The maximum absolute atomic E-state index is 12.3. The fourth-order valence-electron chi connectivity index (χ4n) is 1.41. The molecule has 0 amide bonds. The van der Waals surface area contributed by atoms with Crippen molar-refractivity contribution in [3.8, 4) is 5.69 Å². The molecule has 1 heterocycles. The van der Waals surface area contributed by atoms with Gasteiger partial charge in [0.05, 0.1) is 11.3 Å². The molecule has 0 atom stereocenters. The van der Waals surface area contributed by atoms with Gasteiger partial charge in [0, 0.05) is 6.07 Å². The van der Waals surface area contributed by atoms with Crippen molar-refractivity contribution in [2.24, 2.45) is 0 Å². The lowest BCUT2D eigenvalue weighted by molar-refractivity contribution is -0.137. The van der Waals surface area contributed by atoms with Crippen molar-refractivity contribution in [1.29, 1.82) is 0 Å². The second-order valence-corrected chi connectivity index (χ2v) is 3.45. The zero-order valence-electron chi connectivity index (χ0n) is 8.57. The molecule has 0 saturated carbocycles. The van der Waals surface area contributed by atoms with Gasteiger partial charge in [-0.25, -0.2) is 4.68 Å². The fraction of sp³-hybridized carbons (Fsp3) is 0.100. The van der Waals surface area contributed by atoms with Gasteiger partial charge in [-0.2, -0.15) is 13.2 Å². The summed E-state index contributed by atoms with van der Waals surface area (Å²) < 4.78 is 38.3. The van der Waals surface area contributed by atoms with Crippen molar-refractivity contribution >= 4 is 11.6 Å². The molecule has 4 nitrogen and oxygen atoms in total. The highest BCUT2D eigenvalue weighted by Crippen LogP contribution is 2.29. The lowest BCUT2D eigenvalue weighted by Crippen LogP contribution is -2.06. The summed E-state index contributed by atoms with van der Waals surface area (Å²) in [5, 5.41) is 3.86. The van der Waals surface area contributed by atoms with E-state index < -0.39 is 11.7 Å². The van der Waals surface area contributed by atoms with E-state index in [0.29, 0.717) is 5.69 Å². The minimum absolute atomic E-state index is 0.211. The largest absolute Gasteiger partial charge is 0.416 e.